The number of rotatable bonds is 6. The van der Waals surface area contributed by atoms with E-state index < -0.39 is 0 Å². The third-order valence-electron chi connectivity index (χ3n) is 9.19. The van der Waals surface area contributed by atoms with Crippen LogP contribution >= 0.6 is 0 Å². The van der Waals surface area contributed by atoms with E-state index >= 15 is 0 Å². The zero-order chi connectivity index (χ0) is 34.1. The molecule has 0 saturated carbocycles. The molecule has 0 aliphatic rings. The molecule has 0 aliphatic carbocycles. The summed E-state index contributed by atoms with van der Waals surface area (Å²) in [4.78, 5) is 25.2. The van der Waals surface area contributed by atoms with E-state index in [1.807, 2.05) is 61.5 Å². The van der Waals surface area contributed by atoms with Gasteiger partial charge in [-0.2, -0.15) is 0 Å². The highest BCUT2D eigenvalue weighted by Gasteiger charge is 2.16. The summed E-state index contributed by atoms with van der Waals surface area (Å²) in [5.41, 5.74) is 11.9. The van der Waals surface area contributed by atoms with Gasteiger partial charge in [0.15, 0.2) is 17.5 Å². The molecule has 0 amide bonds. The van der Waals surface area contributed by atoms with Gasteiger partial charge in [-0.3, -0.25) is 4.98 Å². The van der Waals surface area contributed by atoms with Crippen molar-refractivity contribution in [2.45, 2.75) is 6.92 Å². The first-order chi connectivity index (χ1) is 25.2. The molecule has 0 radical (unpaired) electrons. The SMILES string of the molecule is Cc1cc(-c2cccc(-c3nc(-c4ccccc4)nc(-c4ccc(-c5ccccc5)cc4)n3)c2)c2ccc3ccc(-c4ccccc4)nc3c2n1. The van der Waals surface area contributed by atoms with Crippen LogP contribution in [0.25, 0.3) is 89.5 Å². The Morgan fingerprint density at radius 3 is 1.53 bits per heavy atom. The summed E-state index contributed by atoms with van der Waals surface area (Å²) < 4.78 is 0. The van der Waals surface area contributed by atoms with Crippen molar-refractivity contribution in [2.24, 2.45) is 0 Å². The van der Waals surface area contributed by atoms with Gasteiger partial charge in [0.25, 0.3) is 0 Å². The van der Waals surface area contributed by atoms with Gasteiger partial charge in [-0.1, -0.05) is 152 Å². The molecule has 3 aromatic heterocycles. The normalized spacial score (nSPS) is 11.2. The van der Waals surface area contributed by atoms with Gasteiger partial charge in [0.2, 0.25) is 0 Å². The van der Waals surface area contributed by atoms with Crippen LogP contribution in [0.15, 0.2) is 170 Å². The number of benzene rings is 6. The minimum Gasteiger partial charge on any atom is -0.251 e. The first-order valence-electron chi connectivity index (χ1n) is 17.0. The van der Waals surface area contributed by atoms with Crippen molar-refractivity contribution in [2.75, 3.05) is 0 Å². The standard InChI is InChI=1S/C46H31N5/c1-30-28-40(39-26-24-34-25-27-41(33-14-7-3-8-15-33)48-42(34)43(39)47-30)37-18-11-19-38(29-37)46-50-44(35-16-9-4-10-17-35)49-45(51-46)36-22-20-32(21-23-36)31-12-5-2-6-13-31/h2-29H,1H3. The van der Waals surface area contributed by atoms with E-state index in [0.29, 0.717) is 17.5 Å². The average molecular weight is 654 g/mol. The Hall–Kier alpha value is -6.85. The lowest BCUT2D eigenvalue weighted by atomic mass is 9.97. The maximum absolute atomic E-state index is 5.12. The molecule has 5 nitrogen and oxygen atoms in total. The van der Waals surface area contributed by atoms with Crippen LogP contribution in [0.4, 0.5) is 0 Å². The fourth-order valence-corrected chi connectivity index (χ4v) is 6.63. The Balaban J connectivity index is 1.16. The molecule has 3 heterocycles. The molecule has 5 heteroatoms. The molecule has 6 aromatic carbocycles. The highest BCUT2D eigenvalue weighted by molar-refractivity contribution is 6.09. The fraction of sp³-hybridized carbons (Fsp3) is 0.0217. The van der Waals surface area contributed by atoms with Gasteiger partial charge < -0.3 is 0 Å². The van der Waals surface area contributed by atoms with Gasteiger partial charge in [0.05, 0.1) is 16.7 Å². The lowest BCUT2D eigenvalue weighted by molar-refractivity contribution is 1.07. The largest absolute Gasteiger partial charge is 0.251 e. The van der Waals surface area contributed by atoms with Crippen LogP contribution in [-0.2, 0) is 0 Å². The summed E-state index contributed by atoms with van der Waals surface area (Å²) in [6.45, 7) is 2.04. The summed E-state index contributed by atoms with van der Waals surface area (Å²) in [7, 11) is 0. The third kappa shape index (κ3) is 5.91. The second-order valence-corrected chi connectivity index (χ2v) is 12.6. The van der Waals surface area contributed by atoms with Crippen LogP contribution in [0.2, 0.25) is 0 Å². The zero-order valence-corrected chi connectivity index (χ0v) is 27.9. The fourth-order valence-electron chi connectivity index (χ4n) is 6.63. The van der Waals surface area contributed by atoms with E-state index in [9.17, 15) is 0 Å². The molecule has 0 atom stereocenters. The highest BCUT2D eigenvalue weighted by Crippen LogP contribution is 2.35. The summed E-state index contributed by atoms with van der Waals surface area (Å²) in [5.74, 6) is 1.87. The second-order valence-electron chi connectivity index (χ2n) is 12.6. The Bertz CT molecular complexity index is 2670. The molecule has 0 N–H and O–H groups in total. The van der Waals surface area contributed by atoms with E-state index in [2.05, 4.69) is 115 Å². The molecular weight excluding hydrogens is 623 g/mol. The number of pyridine rings is 2. The quantitative estimate of drug-likeness (QED) is 0.167. The molecule has 0 unspecified atom stereocenters. The van der Waals surface area contributed by atoms with E-state index in [4.69, 9.17) is 24.9 Å². The first kappa shape index (κ1) is 30.2. The predicted molar refractivity (Wildman–Crippen MR) is 208 cm³/mol. The molecule has 0 aliphatic heterocycles. The lowest BCUT2D eigenvalue weighted by Crippen LogP contribution is -2.00. The van der Waals surface area contributed by atoms with Gasteiger partial charge in [-0.15, -0.1) is 0 Å². The summed E-state index contributed by atoms with van der Waals surface area (Å²) in [6, 6.07) is 58.2. The Morgan fingerprint density at radius 2 is 0.843 bits per heavy atom. The molecule has 240 valence electrons. The highest BCUT2D eigenvalue weighted by atomic mass is 15.0. The monoisotopic (exact) mass is 653 g/mol. The predicted octanol–water partition coefficient (Wildman–Crippen LogP) is 11.3. The number of nitrogens with zero attached hydrogens (tertiary/aromatic N) is 5. The van der Waals surface area contributed by atoms with Crippen molar-refractivity contribution in [3.63, 3.8) is 0 Å². The Morgan fingerprint density at radius 1 is 0.333 bits per heavy atom. The average Bonchev–Trinajstić information content (AvgIpc) is 3.21. The van der Waals surface area contributed by atoms with Crippen molar-refractivity contribution in [1.82, 2.24) is 24.9 Å². The van der Waals surface area contributed by atoms with Crippen LogP contribution in [-0.4, -0.2) is 24.9 Å². The Labute approximate surface area is 296 Å². The number of aryl methyl sites for hydroxylation is 1. The number of hydrogen-bond acceptors (Lipinski definition) is 5. The molecule has 51 heavy (non-hydrogen) atoms. The maximum Gasteiger partial charge on any atom is 0.164 e. The van der Waals surface area contributed by atoms with Crippen molar-refractivity contribution in [3.05, 3.63) is 176 Å². The zero-order valence-electron chi connectivity index (χ0n) is 27.9. The topological polar surface area (TPSA) is 64.5 Å². The minimum atomic E-state index is 0.613. The number of aromatic nitrogens is 5. The van der Waals surface area contributed by atoms with E-state index in [-0.39, 0.29) is 0 Å². The molecule has 9 rings (SSSR count). The Kier molecular flexibility index (Phi) is 7.63. The van der Waals surface area contributed by atoms with Gasteiger partial charge in [-0.05, 0) is 47.4 Å². The molecule has 9 aromatic rings. The van der Waals surface area contributed by atoms with Crippen molar-refractivity contribution >= 4 is 21.8 Å². The molecule has 0 fully saturated rings. The first-order valence-corrected chi connectivity index (χ1v) is 17.0. The summed E-state index contributed by atoms with van der Waals surface area (Å²) in [6.07, 6.45) is 0. The minimum absolute atomic E-state index is 0.613. The van der Waals surface area contributed by atoms with Crippen molar-refractivity contribution < 1.29 is 0 Å². The van der Waals surface area contributed by atoms with E-state index in [1.54, 1.807) is 0 Å². The summed E-state index contributed by atoms with van der Waals surface area (Å²) in [5, 5.41) is 2.10. The number of fused-ring (bicyclic) bond motifs is 3. The van der Waals surface area contributed by atoms with Crippen LogP contribution in [0, 0.1) is 6.92 Å². The molecular formula is C46H31N5. The lowest BCUT2D eigenvalue weighted by Gasteiger charge is -2.13. The van der Waals surface area contributed by atoms with Crippen LogP contribution < -0.4 is 0 Å². The summed E-state index contributed by atoms with van der Waals surface area (Å²) >= 11 is 0. The van der Waals surface area contributed by atoms with Gasteiger partial charge in [-0.25, -0.2) is 19.9 Å². The maximum atomic E-state index is 5.12. The van der Waals surface area contributed by atoms with Gasteiger partial charge in [0.1, 0.15) is 0 Å². The van der Waals surface area contributed by atoms with E-state index in [0.717, 1.165) is 72.1 Å². The smallest absolute Gasteiger partial charge is 0.164 e. The van der Waals surface area contributed by atoms with Crippen LogP contribution in [0.3, 0.4) is 0 Å². The molecule has 0 spiro atoms. The van der Waals surface area contributed by atoms with Gasteiger partial charge >= 0.3 is 0 Å². The van der Waals surface area contributed by atoms with Crippen molar-refractivity contribution in [1.29, 1.82) is 0 Å². The van der Waals surface area contributed by atoms with Gasteiger partial charge in [0, 0.05) is 38.7 Å². The van der Waals surface area contributed by atoms with Crippen LogP contribution in [0.5, 0.6) is 0 Å². The number of hydrogen-bond donors (Lipinski definition) is 0. The van der Waals surface area contributed by atoms with Crippen molar-refractivity contribution in [3.8, 4) is 67.7 Å². The molecule has 0 bridgehead atoms. The third-order valence-corrected chi connectivity index (χ3v) is 9.19. The van der Waals surface area contributed by atoms with Crippen LogP contribution in [0.1, 0.15) is 5.69 Å². The van der Waals surface area contributed by atoms with E-state index in [1.165, 1.54) is 5.56 Å². The molecule has 0 saturated heterocycles. The second kappa shape index (κ2) is 12.9.